The molecule has 1 atom stereocenters. The summed E-state index contributed by atoms with van der Waals surface area (Å²) >= 11 is 0. The lowest BCUT2D eigenvalue weighted by Gasteiger charge is -2.31. The van der Waals surface area contributed by atoms with Crippen molar-refractivity contribution in [2.45, 2.75) is 67.0 Å². The summed E-state index contributed by atoms with van der Waals surface area (Å²) in [4.78, 5) is 6.90. The van der Waals surface area contributed by atoms with E-state index in [9.17, 15) is 0 Å². The predicted molar refractivity (Wildman–Crippen MR) is 127 cm³/mol. The first-order chi connectivity index (χ1) is 12.4. The third-order valence-corrected chi connectivity index (χ3v) is 4.74. The number of likely N-dealkylation sites (N-methyl/N-ethyl adjacent to an activating group) is 1. The summed E-state index contributed by atoms with van der Waals surface area (Å²) in [6, 6.07) is 2.66. The van der Waals surface area contributed by atoms with E-state index in [4.69, 9.17) is 0 Å². The summed E-state index contributed by atoms with van der Waals surface area (Å²) in [6.45, 7) is 18.1. The smallest absolute Gasteiger partial charge is 0.191 e. The molecule has 1 unspecified atom stereocenters. The molecule has 7 heteroatoms. The van der Waals surface area contributed by atoms with Gasteiger partial charge in [-0.15, -0.1) is 24.0 Å². The summed E-state index contributed by atoms with van der Waals surface area (Å²) < 4.78 is 2.08. The molecule has 0 aliphatic carbocycles. The van der Waals surface area contributed by atoms with Crippen LogP contribution < -0.4 is 10.6 Å². The molecule has 1 heterocycles. The maximum absolute atomic E-state index is 4.51. The van der Waals surface area contributed by atoms with Gasteiger partial charge in [-0.1, -0.05) is 27.7 Å². The van der Waals surface area contributed by atoms with Crippen molar-refractivity contribution in [1.29, 1.82) is 0 Å². The Hall–Kier alpha value is -0.830. The molecule has 0 saturated carbocycles. The first-order valence-corrected chi connectivity index (χ1v) is 10.1. The highest BCUT2D eigenvalue weighted by molar-refractivity contribution is 14.0. The number of nitrogens with zero attached hydrogens (tertiary/aromatic N) is 4. The molecule has 0 saturated heterocycles. The Bertz CT molecular complexity index is 537. The van der Waals surface area contributed by atoms with Crippen LogP contribution in [0.5, 0.6) is 0 Å². The fourth-order valence-electron chi connectivity index (χ4n) is 3.42. The third kappa shape index (κ3) is 9.78. The van der Waals surface area contributed by atoms with Gasteiger partial charge in [0.25, 0.3) is 0 Å². The zero-order valence-electron chi connectivity index (χ0n) is 18.4. The number of nitrogens with one attached hydrogen (secondary N) is 2. The van der Waals surface area contributed by atoms with E-state index < -0.39 is 0 Å². The molecule has 27 heavy (non-hydrogen) atoms. The average Bonchev–Trinajstić information content (AvgIpc) is 2.91. The van der Waals surface area contributed by atoms with Crippen molar-refractivity contribution >= 4 is 29.9 Å². The van der Waals surface area contributed by atoms with Crippen LogP contribution in [0.1, 0.15) is 51.9 Å². The Morgan fingerprint density at radius 1 is 1.22 bits per heavy atom. The molecule has 0 spiro atoms. The third-order valence-electron chi connectivity index (χ3n) is 4.74. The molecule has 2 N–H and O–H groups in total. The summed E-state index contributed by atoms with van der Waals surface area (Å²) in [5.41, 5.74) is 2.31. The molecule has 0 amide bonds. The van der Waals surface area contributed by atoms with E-state index in [-0.39, 0.29) is 24.0 Å². The monoisotopic (exact) mass is 492 g/mol. The Morgan fingerprint density at radius 2 is 1.89 bits per heavy atom. The van der Waals surface area contributed by atoms with Crippen LogP contribution in [0, 0.1) is 19.8 Å². The van der Waals surface area contributed by atoms with E-state index in [1.165, 1.54) is 12.1 Å². The largest absolute Gasteiger partial charge is 0.356 e. The second kappa shape index (κ2) is 14.2. The van der Waals surface area contributed by atoms with Crippen molar-refractivity contribution < 1.29 is 0 Å². The molecule has 158 valence electrons. The van der Waals surface area contributed by atoms with Gasteiger partial charge in [-0.3, -0.25) is 14.6 Å². The molecule has 0 aliphatic rings. The van der Waals surface area contributed by atoms with Crippen molar-refractivity contribution in [3.05, 3.63) is 17.5 Å². The number of hydrogen-bond acceptors (Lipinski definition) is 3. The lowest BCUT2D eigenvalue weighted by atomic mass is 10.0. The number of aryl methyl sites for hydroxylation is 3. The minimum Gasteiger partial charge on any atom is -0.356 e. The zero-order valence-corrected chi connectivity index (χ0v) is 20.7. The summed E-state index contributed by atoms with van der Waals surface area (Å²) in [5, 5.41) is 11.5. The van der Waals surface area contributed by atoms with Crippen LogP contribution in [-0.4, -0.2) is 59.9 Å². The van der Waals surface area contributed by atoms with E-state index in [1.54, 1.807) is 0 Å². The van der Waals surface area contributed by atoms with Crippen molar-refractivity contribution in [3.8, 4) is 0 Å². The van der Waals surface area contributed by atoms with Gasteiger partial charge < -0.3 is 10.6 Å². The van der Waals surface area contributed by atoms with E-state index in [0.717, 1.165) is 50.8 Å². The van der Waals surface area contributed by atoms with Crippen LogP contribution in [0.2, 0.25) is 0 Å². The molecule has 0 aromatic carbocycles. The molecule has 1 aromatic rings. The second-order valence-corrected chi connectivity index (χ2v) is 7.39. The fourth-order valence-corrected chi connectivity index (χ4v) is 3.42. The highest BCUT2D eigenvalue weighted by atomic mass is 127. The predicted octanol–water partition coefficient (Wildman–Crippen LogP) is 3.43. The van der Waals surface area contributed by atoms with Gasteiger partial charge in [0.2, 0.25) is 0 Å². The SMILES string of the molecule is CCN(CC)C(CNC(=NC)NCCCn1nc(C)cc1C)CC(C)C.I. The highest BCUT2D eigenvalue weighted by Gasteiger charge is 2.17. The molecule has 0 aliphatic heterocycles. The summed E-state index contributed by atoms with van der Waals surface area (Å²) in [5.74, 6) is 1.58. The maximum Gasteiger partial charge on any atom is 0.191 e. The summed E-state index contributed by atoms with van der Waals surface area (Å²) in [6.07, 6.45) is 2.22. The molecule has 6 nitrogen and oxygen atoms in total. The van der Waals surface area contributed by atoms with Gasteiger partial charge >= 0.3 is 0 Å². The van der Waals surface area contributed by atoms with Crippen LogP contribution in [0.25, 0.3) is 0 Å². The Kier molecular flexibility index (Phi) is 13.8. The number of hydrogen-bond donors (Lipinski definition) is 2. The molecular weight excluding hydrogens is 451 g/mol. The lowest BCUT2D eigenvalue weighted by molar-refractivity contribution is 0.191. The van der Waals surface area contributed by atoms with Crippen LogP contribution in [-0.2, 0) is 6.54 Å². The Morgan fingerprint density at radius 3 is 2.37 bits per heavy atom. The van der Waals surface area contributed by atoms with Crippen molar-refractivity contribution in [3.63, 3.8) is 0 Å². The van der Waals surface area contributed by atoms with Crippen LogP contribution in [0.15, 0.2) is 11.1 Å². The normalized spacial score (nSPS) is 13.0. The van der Waals surface area contributed by atoms with E-state index in [0.29, 0.717) is 12.0 Å². The highest BCUT2D eigenvalue weighted by Crippen LogP contribution is 2.10. The van der Waals surface area contributed by atoms with Gasteiger partial charge in [0.05, 0.1) is 5.69 Å². The number of aromatic nitrogens is 2. The molecule has 1 rings (SSSR count). The minimum atomic E-state index is 0. The molecule has 1 aromatic heterocycles. The molecular formula is C20H41IN6. The first-order valence-electron chi connectivity index (χ1n) is 10.1. The van der Waals surface area contributed by atoms with Gasteiger partial charge in [0.1, 0.15) is 0 Å². The molecule has 0 radical (unpaired) electrons. The molecule has 0 bridgehead atoms. The Labute approximate surface area is 183 Å². The van der Waals surface area contributed by atoms with Gasteiger partial charge in [0, 0.05) is 38.4 Å². The topological polar surface area (TPSA) is 57.5 Å². The number of guanidine groups is 1. The van der Waals surface area contributed by atoms with Gasteiger partial charge in [-0.25, -0.2) is 0 Å². The van der Waals surface area contributed by atoms with Crippen molar-refractivity contribution in [2.24, 2.45) is 10.9 Å². The number of halogens is 1. The standard InChI is InChI=1S/C20H40N6.HI/c1-8-25(9-2)19(13-16(3)4)15-23-20(21-7)22-11-10-12-26-18(6)14-17(5)24-26;/h14,16,19H,8-13,15H2,1-7H3,(H2,21,22,23);1H. The minimum absolute atomic E-state index is 0. The van der Waals surface area contributed by atoms with Crippen LogP contribution in [0.4, 0.5) is 0 Å². The number of rotatable bonds is 11. The summed E-state index contributed by atoms with van der Waals surface area (Å²) in [7, 11) is 1.84. The van der Waals surface area contributed by atoms with Gasteiger partial charge in [-0.05, 0) is 51.8 Å². The maximum atomic E-state index is 4.51. The number of aliphatic imine (C=N–C) groups is 1. The van der Waals surface area contributed by atoms with Gasteiger partial charge in [0.15, 0.2) is 5.96 Å². The fraction of sp³-hybridized carbons (Fsp3) is 0.800. The lowest BCUT2D eigenvalue weighted by Crippen LogP contribution is -2.47. The van der Waals surface area contributed by atoms with Crippen molar-refractivity contribution in [2.75, 3.05) is 33.2 Å². The first kappa shape index (κ1) is 26.2. The molecule has 0 fully saturated rings. The second-order valence-electron chi connectivity index (χ2n) is 7.39. The van der Waals surface area contributed by atoms with Crippen molar-refractivity contribution in [1.82, 2.24) is 25.3 Å². The van der Waals surface area contributed by atoms with Crippen LogP contribution >= 0.6 is 24.0 Å². The average molecular weight is 492 g/mol. The zero-order chi connectivity index (χ0) is 19.5. The van der Waals surface area contributed by atoms with Gasteiger partial charge in [-0.2, -0.15) is 5.10 Å². The van der Waals surface area contributed by atoms with E-state index in [2.05, 4.69) is 71.0 Å². The quantitative estimate of drug-likeness (QED) is 0.215. The van der Waals surface area contributed by atoms with Crippen LogP contribution in [0.3, 0.4) is 0 Å². The van der Waals surface area contributed by atoms with E-state index in [1.807, 2.05) is 14.0 Å². The Balaban J connectivity index is 0.00000676. The van der Waals surface area contributed by atoms with E-state index >= 15 is 0 Å².